The van der Waals surface area contributed by atoms with Crippen LogP contribution in [0.1, 0.15) is 26.3 Å². The molecule has 1 aromatic heterocycles. The van der Waals surface area contributed by atoms with Crippen LogP contribution in [0.2, 0.25) is 5.02 Å². The predicted octanol–water partition coefficient (Wildman–Crippen LogP) is 3.16. The van der Waals surface area contributed by atoms with Gasteiger partial charge in [-0.3, -0.25) is 14.5 Å². The molecule has 2 amide bonds. The Hall–Kier alpha value is -2.80. The Kier molecular flexibility index (Phi) is 4.73. The fourth-order valence-electron chi connectivity index (χ4n) is 2.86. The lowest BCUT2D eigenvalue weighted by Crippen LogP contribution is -2.58. The van der Waals surface area contributed by atoms with Gasteiger partial charge in [-0.15, -0.1) is 0 Å². The highest BCUT2D eigenvalue weighted by molar-refractivity contribution is 6.31. The molecule has 0 saturated heterocycles. The van der Waals surface area contributed by atoms with Crippen LogP contribution >= 0.6 is 11.6 Å². The first kappa shape index (κ1) is 19.0. The Labute approximate surface area is 162 Å². The first-order valence-electron chi connectivity index (χ1n) is 8.47. The zero-order chi connectivity index (χ0) is 19.9. The van der Waals surface area contributed by atoms with E-state index in [0.29, 0.717) is 16.5 Å². The van der Waals surface area contributed by atoms with E-state index >= 15 is 0 Å². The van der Waals surface area contributed by atoms with E-state index in [0.717, 1.165) is 5.56 Å². The van der Waals surface area contributed by atoms with Crippen LogP contribution in [-0.4, -0.2) is 28.4 Å². The number of ether oxygens (including phenoxy) is 1. The number of hydrogen-bond acceptors (Lipinski definition) is 5. The number of pyridine rings is 1. The number of nitrogens with zero attached hydrogens (tertiary/aromatic N) is 2. The Morgan fingerprint density at radius 1 is 1.33 bits per heavy atom. The Morgan fingerprint density at radius 2 is 2.04 bits per heavy atom. The number of carbonyl (C=O) groups is 2. The third-order valence-electron chi connectivity index (χ3n) is 4.48. The number of aromatic nitrogens is 1. The van der Waals surface area contributed by atoms with Crippen molar-refractivity contribution in [1.82, 2.24) is 4.98 Å². The summed E-state index contributed by atoms with van der Waals surface area (Å²) in [5, 5.41) is 3.37. The number of amides is 2. The van der Waals surface area contributed by atoms with Crippen molar-refractivity contribution >= 4 is 40.7 Å². The molecule has 2 heterocycles. The molecule has 0 saturated carbocycles. The number of carbonyl (C=O) groups excluding carboxylic acids is 2. The smallest absolute Gasteiger partial charge is 0.272 e. The highest BCUT2D eigenvalue weighted by Crippen LogP contribution is 2.38. The van der Waals surface area contributed by atoms with Crippen molar-refractivity contribution in [3.05, 3.63) is 40.9 Å². The van der Waals surface area contributed by atoms with Gasteiger partial charge in [0.25, 0.3) is 5.91 Å². The van der Waals surface area contributed by atoms with Gasteiger partial charge in [0.2, 0.25) is 5.91 Å². The van der Waals surface area contributed by atoms with E-state index in [-0.39, 0.29) is 23.5 Å². The Bertz CT molecular complexity index is 929. The highest BCUT2D eigenvalue weighted by Gasteiger charge is 2.45. The fourth-order valence-corrected chi connectivity index (χ4v) is 3.04. The molecule has 3 N–H and O–H groups in total. The van der Waals surface area contributed by atoms with Crippen LogP contribution < -0.4 is 20.7 Å². The van der Waals surface area contributed by atoms with Gasteiger partial charge in [0.05, 0.1) is 0 Å². The summed E-state index contributed by atoms with van der Waals surface area (Å²) < 4.78 is 5.74. The van der Waals surface area contributed by atoms with Gasteiger partial charge in [-0.25, -0.2) is 4.98 Å². The van der Waals surface area contributed by atoms with Crippen molar-refractivity contribution < 1.29 is 14.3 Å². The quantitative estimate of drug-likeness (QED) is 0.841. The summed E-state index contributed by atoms with van der Waals surface area (Å²) in [6, 6.07) is 7.63. The third kappa shape index (κ3) is 3.42. The number of halogens is 1. The molecule has 1 aliphatic rings. The van der Waals surface area contributed by atoms with Crippen molar-refractivity contribution in [3.8, 4) is 5.75 Å². The molecule has 3 rings (SSSR count). The molecule has 142 valence electrons. The number of nitrogens with two attached hydrogens (primary N) is 1. The van der Waals surface area contributed by atoms with Crippen LogP contribution in [-0.2, 0) is 9.59 Å². The highest BCUT2D eigenvalue weighted by atomic mass is 35.5. The zero-order valence-corrected chi connectivity index (χ0v) is 16.3. The summed E-state index contributed by atoms with van der Waals surface area (Å²) in [7, 11) is 0. The van der Waals surface area contributed by atoms with Crippen molar-refractivity contribution in [2.75, 3.05) is 16.0 Å². The molecule has 0 spiro atoms. The van der Waals surface area contributed by atoms with E-state index in [9.17, 15) is 9.59 Å². The second-order valence-corrected chi connectivity index (χ2v) is 7.33. The van der Waals surface area contributed by atoms with Crippen molar-refractivity contribution in [2.45, 2.75) is 39.3 Å². The maximum atomic E-state index is 13.0. The second kappa shape index (κ2) is 6.74. The number of nitrogen functional groups attached to an aromatic ring is 1. The Morgan fingerprint density at radius 3 is 2.74 bits per heavy atom. The van der Waals surface area contributed by atoms with Crippen molar-refractivity contribution in [3.63, 3.8) is 0 Å². The minimum atomic E-state index is -1.13. The number of rotatable bonds is 3. The molecule has 1 aliphatic heterocycles. The summed E-state index contributed by atoms with van der Waals surface area (Å²) in [6.07, 6.45) is 0. The number of nitrogens with one attached hydrogen (secondary N) is 1. The largest absolute Gasteiger partial charge is 0.474 e. The molecule has 27 heavy (non-hydrogen) atoms. The van der Waals surface area contributed by atoms with Gasteiger partial charge < -0.3 is 15.8 Å². The van der Waals surface area contributed by atoms with Crippen LogP contribution in [0.25, 0.3) is 0 Å². The van der Waals surface area contributed by atoms with Crippen LogP contribution in [0.3, 0.4) is 0 Å². The molecule has 1 unspecified atom stereocenters. The minimum Gasteiger partial charge on any atom is -0.474 e. The standard InChI is InChI=1S/C19H21ClN4O3/c1-10-12(20)6-5-7-13(10)22-17(25)11(2)24-16-14(8-9-15(21)23-16)27-19(3,4)18(24)26/h5-9,11H,1-4H3,(H2,21,23)(H,22,25). The van der Waals surface area contributed by atoms with Crippen LogP contribution in [0.5, 0.6) is 5.75 Å². The molecule has 1 atom stereocenters. The molecular weight excluding hydrogens is 368 g/mol. The molecule has 0 aliphatic carbocycles. The predicted molar refractivity (Wildman–Crippen MR) is 105 cm³/mol. The summed E-state index contributed by atoms with van der Waals surface area (Å²) in [4.78, 5) is 31.4. The monoisotopic (exact) mass is 388 g/mol. The molecule has 1 aromatic carbocycles. The summed E-state index contributed by atoms with van der Waals surface area (Å²) >= 11 is 6.11. The van der Waals surface area contributed by atoms with Crippen LogP contribution in [0.15, 0.2) is 30.3 Å². The van der Waals surface area contributed by atoms with Crippen molar-refractivity contribution in [1.29, 1.82) is 0 Å². The molecule has 0 radical (unpaired) electrons. The number of benzene rings is 1. The van der Waals surface area contributed by atoms with Gasteiger partial charge in [-0.2, -0.15) is 0 Å². The van der Waals surface area contributed by atoms with E-state index in [2.05, 4.69) is 10.3 Å². The topological polar surface area (TPSA) is 97.5 Å². The molecule has 8 heteroatoms. The van der Waals surface area contributed by atoms with Gasteiger partial charge in [0.15, 0.2) is 17.2 Å². The van der Waals surface area contributed by atoms with E-state index in [1.807, 2.05) is 6.92 Å². The number of hydrogen-bond donors (Lipinski definition) is 2. The maximum absolute atomic E-state index is 13.0. The van der Waals surface area contributed by atoms with Gasteiger partial charge in [0, 0.05) is 10.7 Å². The van der Waals surface area contributed by atoms with Crippen LogP contribution in [0, 0.1) is 6.92 Å². The van der Waals surface area contributed by atoms with Gasteiger partial charge in [-0.1, -0.05) is 17.7 Å². The van der Waals surface area contributed by atoms with Gasteiger partial charge >= 0.3 is 0 Å². The second-order valence-electron chi connectivity index (χ2n) is 6.92. The summed E-state index contributed by atoms with van der Waals surface area (Å²) in [5.41, 5.74) is 5.97. The van der Waals surface area contributed by atoms with E-state index in [4.69, 9.17) is 22.1 Å². The SMILES string of the molecule is Cc1c(Cl)cccc1NC(=O)C(C)N1C(=O)C(C)(C)Oc2ccc(N)nc21. The first-order chi connectivity index (χ1) is 12.6. The lowest BCUT2D eigenvalue weighted by atomic mass is 10.0. The van der Waals surface area contributed by atoms with E-state index in [1.54, 1.807) is 51.1 Å². The fraction of sp³-hybridized carbons (Fsp3) is 0.316. The van der Waals surface area contributed by atoms with E-state index in [1.165, 1.54) is 4.90 Å². The summed E-state index contributed by atoms with van der Waals surface area (Å²) in [6.45, 7) is 6.73. The number of anilines is 3. The molecule has 2 aromatic rings. The Balaban J connectivity index is 1.96. The van der Waals surface area contributed by atoms with Gasteiger partial charge in [-0.05, 0) is 57.5 Å². The number of fused-ring (bicyclic) bond motifs is 1. The lowest BCUT2D eigenvalue weighted by Gasteiger charge is -2.40. The lowest BCUT2D eigenvalue weighted by molar-refractivity contribution is -0.134. The average Bonchev–Trinajstić information content (AvgIpc) is 2.60. The van der Waals surface area contributed by atoms with Crippen molar-refractivity contribution in [2.24, 2.45) is 0 Å². The van der Waals surface area contributed by atoms with E-state index < -0.39 is 11.6 Å². The minimum absolute atomic E-state index is 0.227. The average molecular weight is 389 g/mol. The maximum Gasteiger partial charge on any atom is 0.272 e. The normalized spacial score (nSPS) is 16.3. The van der Waals surface area contributed by atoms with Gasteiger partial charge in [0.1, 0.15) is 11.9 Å². The summed E-state index contributed by atoms with van der Waals surface area (Å²) in [5.74, 6) is 0.102. The molecule has 0 fully saturated rings. The first-order valence-corrected chi connectivity index (χ1v) is 8.85. The molecular formula is C19H21ClN4O3. The molecule has 7 nitrogen and oxygen atoms in total. The third-order valence-corrected chi connectivity index (χ3v) is 4.89. The zero-order valence-electron chi connectivity index (χ0n) is 15.5. The van der Waals surface area contributed by atoms with Crippen LogP contribution in [0.4, 0.5) is 17.3 Å². The molecule has 0 bridgehead atoms.